The van der Waals surface area contributed by atoms with Gasteiger partial charge in [0.05, 0.1) is 16.6 Å². The topological polar surface area (TPSA) is 52.3 Å². The predicted octanol–water partition coefficient (Wildman–Crippen LogP) is 5.69. The van der Waals surface area contributed by atoms with Crippen molar-refractivity contribution in [3.8, 4) is 11.8 Å². The number of amides is 1. The summed E-state index contributed by atoms with van der Waals surface area (Å²) in [5.41, 5.74) is 3.47. The molecule has 1 saturated heterocycles. The van der Waals surface area contributed by atoms with Gasteiger partial charge in [0.25, 0.3) is 5.91 Å². The minimum atomic E-state index is -0.538. The normalized spacial score (nSPS) is 14.1. The fourth-order valence-electron chi connectivity index (χ4n) is 4.81. The summed E-state index contributed by atoms with van der Waals surface area (Å²) in [5.74, 6) is -0.768. The third-order valence-corrected chi connectivity index (χ3v) is 6.88. The first kappa shape index (κ1) is 23.8. The van der Waals surface area contributed by atoms with Crippen LogP contribution in [0.15, 0.2) is 91.1 Å². The Morgan fingerprint density at radius 3 is 2.06 bits per heavy atom. The molecule has 1 aromatic heterocycles. The maximum absolute atomic E-state index is 13.7. The quantitative estimate of drug-likeness (QED) is 0.355. The third kappa shape index (κ3) is 4.64. The van der Waals surface area contributed by atoms with Gasteiger partial charge in [-0.15, -0.1) is 0 Å². The molecule has 0 atom stereocenters. The number of aromatic nitrogens is 1. The van der Waals surface area contributed by atoms with Crippen molar-refractivity contribution >= 4 is 17.5 Å². The highest BCUT2D eigenvalue weighted by Crippen LogP contribution is 2.30. The Morgan fingerprint density at radius 1 is 0.889 bits per heavy atom. The molecule has 0 saturated carbocycles. The van der Waals surface area contributed by atoms with Crippen LogP contribution in [0.5, 0.6) is 0 Å². The van der Waals surface area contributed by atoms with E-state index in [4.69, 9.17) is 11.6 Å². The van der Waals surface area contributed by atoms with E-state index < -0.39 is 5.82 Å². The molecule has 0 bridgehead atoms. The van der Waals surface area contributed by atoms with Crippen molar-refractivity contribution in [2.75, 3.05) is 26.2 Å². The molecule has 4 aromatic rings. The van der Waals surface area contributed by atoms with Gasteiger partial charge in [0.2, 0.25) is 0 Å². The Balaban J connectivity index is 1.39. The average molecular weight is 499 g/mol. The number of halogens is 2. The number of hydrogen-bond donors (Lipinski definition) is 0. The van der Waals surface area contributed by atoms with Gasteiger partial charge < -0.3 is 9.47 Å². The van der Waals surface area contributed by atoms with Gasteiger partial charge in [-0.25, -0.2) is 4.39 Å². The van der Waals surface area contributed by atoms with Gasteiger partial charge in [-0.2, -0.15) is 5.26 Å². The van der Waals surface area contributed by atoms with E-state index in [1.54, 1.807) is 27.8 Å². The summed E-state index contributed by atoms with van der Waals surface area (Å²) in [5, 5.41) is 9.62. The number of hydrogen-bond acceptors (Lipinski definition) is 3. The molecule has 0 aliphatic carbocycles. The number of nitrogens with zero attached hydrogens (tertiary/aromatic N) is 4. The number of carbonyl (C=O) groups is 1. The first-order valence-corrected chi connectivity index (χ1v) is 12.1. The lowest BCUT2D eigenvalue weighted by atomic mass is 9.96. The lowest BCUT2D eigenvalue weighted by Gasteiger charge is -2.40. The zero-order valence-electron chi connectivity index (χ0n) is 19.5. The molecule has 36 heavy (non-hydrogen) atoms. The Bertz CT molecular complexity index is 1370. The van der Waals surface area contributed by atoms with Crippen molar-refractivity contribution in [3.05, 3.63) is 124 Å². The van der Waals surface area contributed by atoms with Crippen molar-refractivity contribution in [2.45, 2.75) is 6.04 Å². The van der Waals surface area contributed by atoms with Crippen molar-refractivity contribution < 1.29 is 9.18 Å². The summed E-state index contributed by atoms with van der Waals surface area (Å²) in [4.78, 5) is 17.8. The molecule has 1 aliphatic heterocycles. The Labute approximate surface area is 214 Å². The zero-order chi connectivity index (χ0) is 25.1. The van der Waals surface area contributed by atoms with Gasteiger partial charge in [-0.05, 0) is 35.4 Å². The average Bonchev–Trinajstić information content (AvgIpc) is 3.36. The highest BCUT2D eigenvalue weighted by molar-refractivity contribution is 6.30. The number of piperazine rings is 1. The lowest BCUT2D eigenvalue weighted by Crippen LogP contribution is -2.50. The molecule has 2 heterocycles. The first-order chi connectivity index (χ1) is 17.6. The number of benzene rings is 3. The Morgan fingerprint density at radius 2 is 1.50 bits per heavy atom. The number of rotatable bonds is 5. The summed E-state index contributed by atoms with van der Waals surface area (Å²) < 4.78 is 15.3. The van der Waals surface area contributed by atoms with Crippen LogP contribution < -0.4 is 0 Å². The lowest BCUT2D eigenvalue weighted by molar-refractivity contribution is 0.0589. The van der Waals surface area contributed by atoms with E-state index in [1.165, 1.54) is 23.3 Å². The van der Waals surface area contributed by atoms with Crippen LogP contribution in [0, 0.1) is 17.1 Å². The summed E-state index contributed by atoms with van der Waals surface area (Å²) >= 11 is 5.98. The Hall–Kier alpha value is -3.92. The molecule has 1 aliphatic rings. The molecule has 7 heteroatoms. The highest BCUT2D eigenvalue weighted by Gasteiger charge is 2.31. The number of carbonyl (C=O) groups excluding carboxylic acids is 1. The van der Waals surface area contributed by atoms with E-state index in [-0.39, 0.29) is 28.2 Å². The maximum atomic E-state index is 13.7. The fourth-order valence-corrected chi connectivity index (χ4v) is 4.98. The van der Waals surface area contributed by atoms with Crippen molar-refractivity contribution in [1.29, 1.82) is 5.26 Å². The third-order valence-electron chi connectivity index (χ3n) is 6.59. The molecule has 0 unspecified atom stereocenters. The SMILES string of the molecule is N#Cc1ccn(-c2ccc(F)c(Cl)c2)c1C(=O)N1CCN(C(c2ccccc2)c2ccccc2)CC1. The van der Waals surface area contributed by atoms with Crippen molar-refractivity contribution in [3.63, 3.8) is 0 Å². The zero-order valence-corrected chi connectivity index (χ0v) is 20.3. The molecular weight excluding hydrogens is 475 g/mol. The van der Waals surface area contributed by atoms with E-state index >= 15 is 0 Å². The standard InChI is InChI=1S/C29H24ClFN4O/c30-25-19-24(11-12-26(25)31)35-14-13-23(20-32)28(35)29(36)34-17-15-33(16-18-34)27(21-7-3-1-4-8-21)22-9-5-2-6-10-22/h1-14,19,27H,15-18H2. The van der Waals surface area contributed by atoms with Gasteiger partial charge in [0.1, 0.15) is 17.6 Å². The van der Waals surface area contributed by atoms with Crippen LogP contribution in [0.3, 0.4) is 0 Å². The molecule has 0 N–H and O–H groups in total. The van der Waals surface area contributed by atoms with E-state index in [9.17, 15) is 14.4 Å². The van der Waals surface area contributed by atoms with Gasteiger partial charge in [0.15, 0.2) is 0 Å². The molecule has 0 radical (unpaired) electrons. The minimum Gasteiger partial charge on any atom is -0.335 e. The van der Waals surface area contributed by atoms with E-state index in [0.717, 1.165) is 0 Å². The maximum Gasteiger partial charge on any atom is 0.272 e. The first-order valence-electron chi connectivity index (χ1n) is 11.8. The van der Waals surface area contributed by atoms with Crippen LogP contribution in [-0.2, 0) is 0 Å². The van der Waals surface area contributed by atoms with E-state index in [0.29, 0.717) is 31.9 Å². The molecule has 180 valence electrons. The summed E-state index contributed by atoms with van der Waals surface area (Å²) in [7, 11) is 0. The predicted molar refractivity (Wildman–Crippen MR) is 138 cm³/mol. The molecule has 3 aromatic carbocycles. The molecular formula is C29H24ClFN4O. The van der Waals surface area contributed by atoms with Gasteiger partial charge in [-0.3, -0.25) is 9.69 Å². The van der Waals surface area contributed by atoms with E-state index in [1.807, 2.05) is 36.4 Å². The van der Waals surface area contributed by atoms with Crippen LogP contribution in [0.1, 0.15) is 33.2 Å². The van der Waals surface area contributed by atoms with Crippen molar-refractivity contribution in [2.24, 2.45) is 0 Å². The second-order valence-corrected chi connectivity index (χ2v) is 9.12. The van der Waals surface area contributed by atoms with Gasteiger partial charge in [0, 0.05) is 38.1 Å². The highest BCUT2D eigenvalue weighted by atomic mass is 35.5. The van der Waals surface area contributed by atoms with Crippen LogP contribution in [0.25, 0.3) is 5.69 Å². The summed E-state index contributed by atoms with van der Waals surface area (Å²) in [6, 6.07) is 28.8. The van der Waals surface area contributed by atoms with Crippen LogP contribution in [0.2, 0.25) is 5.02 Å². The van der Waals surface area contributed by atoms with Crippen LogP contribution >= 0.6 is 11.6 Å². The van der Waals surface area contributed by atoms with Crippen LogP contribution in [-0.4, -0.2) is 46.5 Å². The Kier molecular flexibility index (Phi) is 6.86. The molecule has 5 rings (SSSR count). The van der Waals surface area contributed by atoms with Crippen LogP contribution in [0.4, 0.5) is 4.39 Å². The monoisotopic (exact) mass is 498 g/mol. The molecule has 1 amide bonds. The molecule has 5 nitrogen and oxygen atoms in total. The van der Waals surface area contributed by atoms with E-state index in [2.05, 4.69) is 35.2 Å². The second-order valence-electron chi connectivity index (χ2n) is 8.71. The fraction of sp³-hybridized carbons (Fsp3) is 0.172. The minimum absolute atomic E-state index is 0.0420. The summed E-state index contributed by atoms with van der Waals surface area (Å²) in [6.45, 7) is 2.42. The number of nitriles is 1. The van der Waals surface area contributed by atoms with Crippen molar-refractivity contribution in [1.82, 2.24) is 14.4 Å². The molecule has 0 spiro atoms. The largest absolute Gasteiger partial charge is 0.335 e. The van der Waals surface area contributed by atoms with Gasteiger partial charge >= 0.3 is 0 Å². The second kappa shape index (κ2) is 10.4. The smallest absolute Gasteiger partial charge is 0.272 e. The molecule has 1 fully saturated rings. The van der Waals surface area contributed by atoms with Gasteiger partial charge in [-0.1, -0.05) is 72.3 Å². The summed E-state index contributed by atoms with van der Waals surface area (Å²) in [6.07, 6.45) is 1.65.